The molecule has 4 heterocycles. The normalized spacial score (nSPS) is 12.8. The first-order chi connectivity index (χ1) is 55.0. The van der Waals surface area contributed by atoms with Gasteiger partial charge in [0.15, 0.2) is 0 Å². The van der Waals surface area contributed by atoms with Crippen molar-refractivity contribution in [1.29, 1.82) is 0 Å². The molecule has 0 aliphatic carbocycles. The van der Waals surface area contributed by atoms with E-state index >= 15 is 0 Å². The molecule has 0 unspecified atom stereocenters. The summed E-state index contributed by atoms with van der Waals surface area (Å²) in [7, 11) is 0. The Balaban J connectivity index is 0.965. The van der Waals surface area contributed by atoms with E-state index < -0.39 is 0 Å². The number of benzene rings is 16. The van der Waals surface area contributed by atoms with Gasteiger partial charge in [0, 0.05) is 77.9 Å². The van der Waals surface area contributed by atoms with Crippen molar-refractivity contribution in [3.05, 3.63) is 381 Å². The van der Waals surface area contributed by atoms with Crippen LogP contribution in [0.15, 0.2) is 364 Å². The summed E-state index contributed by atoms with van der Waals surface area (Å²) >= 11 is 0. The number of hydrogen-bond acceptors (Lipinski definition) is 2. The van der Waals surface area contributed by atoms with Crippen molar-refractivity contribution < 1.29 is 0 Å². The maximum absolute atomic E-state index is 2.74. The predicted octanol–water partition coefficient (Wildman–Crippen LogP) is 27.5. The highest BCUT2D eigenvalue weighted by Gasteiger charge is 2.47. The Morgan fingerprint density at radius 2 is 0.575 bits per heavy atom. The third-order valence-electron chi connectivity index (χ3n) is 23.9. The standard InChI is InChI=1S/C108H87BN4/c1-106(2,3)80-57-77(58-81(64-80)107(4,5)6)76-53-56-97-94(63-76)109-93-55-54-84(111-96-52-34-32-50-86(96)92-68-91-85-49-31-33-51-95(85)110(98(91)69-99(92)111)83-47-29-16-30-48-83)67-100(93)113(105-89(74-43-25-14-26-44-74)61-79(71-37-19-11-20-38-71)62-90(105)75-45-27-15-28-46-75)102-66-82(108(7,8)9)65-101(103(102)109)112(97)104-87(72-39-21-12-22-40-72)59-78(70-35-17-10-18-36-70)60-88(104)73-41-23-13-24-42-73/h10-69H,1-9H3. The van der Waals surface area contributed by atoms with Crippen LogP contribution in [0.2, 0.25) is 0 Å². The zero-order valence-corrected chi connectivity index (χ0v) is 65.5. The minimum Gasteiger partial charge on any atom is -0.310 e. The second kappa shape index (κ2) is 26.8. The SMILES string of the molecule is CC(C)(C)c1cc(-c2ccc3c(c2)B2c4ccc(-n5c6ccccc6c6cc7c8ccccc8n(-c8ccccc8)c7cc65)cc4N(c4c(-c5ccccc5)cc(-c5ccccc5)cc4-c4ccccc4)c4cc(C(C)(C)C)cc(c42)N3c2c(-c3ccccc3)cc(-c3ccccc3)cc2-c2ccccc2)cc(C(C)(C)C)c1. The summed E-state index contributed by atoms with van der Waals surface area (Å²) in [4.78, 5) is 5.46. The Kier molecular flexibility index (Phi) is 16.4. The zero-order chi connectivity index (χ0) is 76.6. The maximum atomic E-state index is 2.74. The van der Waals surface area contributed by atoms with Crippen LogP contribution in [-0.2, 0) is 16.2 Å². The molecule has 16 aromatic carbocycles. The molecular weight excluding hydrogens is 1360 g/mol. The summed E-state index contributed by atoms with van der Waals surface area (Å²) in [5.41, 5.74) is 36.6. The molecule has 0 saturated heterocycles. The first-order valence-electron chi connectivity index (χ1n) is 39.9. The Labute approximate surface area is 663 Å². The van der Waals surface area contributed by atoms with Crippen molar-refractivity contribution >= 4 is 101 Å². The fourth-order valence-electron chi connectivity index (χ4n) is 18.1. The molecule has 0 radical (unpaired) electrons. The van der Waals surface area contributed by atoms with E-state index in [0.29, 0.717) is 0 Å². The molecular formula is C108H87BN4. The van der Waals surface area contributed by atoms with Crippen molar-refractivity contribution in [3.8, 4) is 89.3 Å². The number of para-hydroxylation sites is 3. The second-order valence-corrected chi connectivity index (χ2v) is 34.1. The zero-order valence-electron chi connectivity index (χ0n) is 65.5. The fraction of sp³-hybridized carbons (Fsp3) is 0.111. The Hall–Kier alpha value is -13.2. The fourth-order valence-corrected chi connectivity index (χ4v) is 18.1. The third kappa shape index (κ3) is 11.7. The second-order valence-electron chi connectivity index (χ2n) is 34.1. The quantitative estimate of drug-likeness (QED) is 0.120. The molecule has 113 heavy (non-hydrogen) atoms. The molecule has 2 aliphatic rings. The molecule has 0 spiro atoms. The van der Waals surface area contributed by atoms with Crippen LogP contribution in [0.1, 0.15) is 79.0 Å². The molecule has 2 aliphatic heterocycles. The maximum Gasteiger partial charge on any atom is 0.252 e. The summed E-state index contributed by atoms with van der Waals surface area (Å²) in [6.07, 6.45) is 0. The van der Waals surface area contributed by atoms with Crippen LogP contribution >= 0.6 is 0 Å². The van der Waals surface area contributed by atoms with E-state index in [1.165, 1.54) is 71.3 Å². The molecule has 0 atom stereocenters. The number of hydrogen-bond donors (Lipinski definition) is 0. The lowest BCUT2D eigenvalue weighted by atomic mass is 9.33. The van der Waals surface area contributed by atoms with Crippen molar-refractivity contribution in [3.63, 3.8) is 0 Å². The van der Waals surface area contributed by atoms with Crippen molar-refractivity contribution in [2.75, 3.05) is 9.80 Å². The summed E-state index contributed by atoms with van der Waals surface area (Å²) in [6, 6.07) is 138. The molecule has 0 fully saturated rings. The van der Waals surface area contributed by atoms with E-state index in [0.717, 1.165) is 129 Å². The van der Waals surface area contributed by atoms with E-state index in [1.54, 1.807) is 0 Å². The molecule has 2 aromatic heterocycles. The van der Waals surface area contributed by atoms with Gasteiger partial charge >= 0.3 is 0 Å². The molecule has 20 rings (SSSR count). The molecule has 0 saturated carbocycles. The Bertz CT molecular complexity index is 6610. The first kappa shape index (κ1) is 69.0. The van der Waals surface area contributed by atoms with Crippen molar-refractivity contribution in [2.45, 2.75) is 78.6 Å². The average molecular weight is 1450 g/mol. The summed E-state index contributed by atoms with van der Waals surface area (Å²) in [5.74, 6) is 0. The summed E-state index contributed by atoms with van der Waals surface area (Å²) in [5, 5.41) is 4.86. The van der Waals surface area contributed by atoms with Gasteiger partial charge < -0.3 is 18.9 Å². The van der Waals surface area contributed by atoms with Crippen LogP contribution in [0.3, 0.4) is 0 Å². The number of nitrogens with zero attached hydrogens (tertiary/aromatic N) is 4. The van der Waals surface area contributed by atoms with Crippen molar-refractivity contribution in [2.24, 2.45) is 0 Å². The monoisotopic (exact) mass is 1450 g/mol. The van der Waals surface area contributed by atoms with Gasteiger partial charge in [-0.2, -0.15) is 0 Å². The van der Waals surface area contributed by atoms with Crippen LogP contribution in [0.4, 0.5) is 34.1 Å². The van der Waals surface area contributed by atoms with Gasteiger partial charge in [-0.1, -0.05) is 335 Å². The molecule has 18 aromatic rings. The highest BCUT2D eigenvalue weighted by molar-refractivity contribution is 7.00. The van der Waals surface area contributed by atoms with Gasteiger partial charge in [0.2, 0.25) is 0 Å². The number of fused-ring (bicyclic) bond motifs is 10. The topological polar surface area (TPSA) is 16.3 Å². The van der Waals surface area contributed by atoms with E-state index in [2.05, 4.69) is 445 Å². The predicted molar refractivity (Wildman–Crippen MR) is 483 cm³/mol. The lowest BCUT2D eigenvalue weighted by Gasteiger charge is -2.46. The molecule has 0 bridgehead atoms. The smallest absolute Gasteiger partial charge is 0.252 e. The highest BCUT2D eigenvalue weighted by atomic mass is 15.2. The molecule has 542 valence electrons. The van der Waals surface area contributed by atoms with Gasteiger partial charge in [-0.3, -0.25) is 0 Å². The van der Waals surface area contributed by atoms with Gasteiger partial charge in [0.05, 0.1) is 33.4 Å². The lowest BCUT2D eigenvalue weighted by molar-refractivity contribution is 0.569. The van der Waals surface area contributed by atoms with E-state index in [1.807, 2.05) is 0 Å². The van der Waals surface area contributed by atoms with Gasteiger partial charge in [0.1, 0.15) is 0 Å². The van der Waals surface area contributed by atoms with E-state index in [-0.39, 0.29) is 23.0 Å². The van der Waals surface area contributed by atoms with Gasteiger partial charge in [-0.25, -0.2) is 0 Å². The highest BCUT2D eigenvalue weighted by Crippen LogP contribution is 2.56. The van der Waals surface area contributed by atoms with E-state index in [4.69, 9.17) is 0 Å². The Morgan fingerprint density at radius 3 is 1.00 bits per heavy atom. The van der Waals surface area contributed by atoms with Gasteiger partial charge in [-0.05, 0) is 196 Å². The number of aromatic nitrogens is 2. The molecule has 5 heteroatoms. The summed E-state index contributed by atoms with van der Waals surface area (Å²) in [6.45, 7) is 21.1. The minimum absolute atomic E-state index is 0.115. The average Bonchev–Trinajstić information content (AvgIpc) is 1.41. The van der Waals surface area contributed by atoms with E-state index in [9.17, 15) is 0 Å². The number of anilines is 6. The molecule has 4 nitrogen and oxygen atoms in total. The minimum atomic E-state index is -0.354. The largest absolute Gasteiger partial charge is 0.310 e. The van der Waals surface area contributed by atoms with Crippen LogP contribution in [0, 0.1) is 0 Å². The van der Waals surface area contributed by atoms with Crippen LogP contribution in [-0.4, -0.2) is 15.8 Å². The van der Waals surface area contributed by atoms with Crippen LogP contribution in [0.5, 0.6) is 0 Å². The van der Waals surface area contributed by atoms with Crippen LogP contribution in [0.25, 0.3) is 133 Å². The van der Waals surface area contributed by atoms with Crippen LogP contribution < -0.4 is 26.2 Å². The number of rotatable bonds is 11. The molecule has 0 amide bonds. The summed E-state index contributed by atoms with van der Waals surface area (Å²) < 4.78 is 5.03. The third-order valence-corrected chi connectivity index (χ3v) is 23.9. The van der Waals surface area contributed by atoms with Crippen molar-refractivity contribution in [1.82, 2.24) is 9.13 Å². The van der Waals surface area contributed by atoms with Gasteiger partial charge in [-0.15, -0.1) is 0 Å². The Morgan fingerprint density at radius 1 is 0.212 bits per heavy atom. The molecule has 0 N–H and O–H groups in total. The van der Waals surface area contributed by atoms with Gasteiger partial charge in [0.25, 0.3) is 6.71 Å². The lowest BCUT2D eigenvalue weighted by Crippen LogP contribution is -2.61. The first-order valence-corrected chi connectivity index (χ1v) is 39.9.